The zero-order valence-corrected chi connectivity index (χ0v) is 14.8. The molecule has 3 rings (SSSR count). The molecule has 0 bridgehead atoms. The van der Waals surface area contributed by atoms with Crippen LogP contribution in [0.1, 0.15) is 16.1 Å². The van der Waals surface area contributed by atoms with E-state index in [-0.39, 0.29) is 10.0 Å². The Labute approximate surface area is 154 Å². The van der Waals surface area contributed by atoms with Crippen molar-refractivity contribution in [3.63, 3.8) is 0 Å². The summed E-state index contributed by atoms with van der Waals surface area (Å²) >= 11 is 8.51. The topological polar surface area (TPSA) is 38.7 Å². The molecule has 0 unspecified atom stereocenters. The van der Waals surface area contributed by atoms with Crippen LogP contribution < -0.4 is 0 Å². The Kier molecular flexibility index (Phi) is 5.41. The zero-order valence-electron chi connectivity index (χ0n) is 12.4. The van der Waals surface area contributed by atoms with Crippen molar-refractivity contribution in [2.24, 2.45) is 0 Å². The molecular formula is C16H9ClF3N3S2. The normalized spacial score (nSPS) is 12.0. The Hall–Kier alpha value is -1.90. The molecule has 3 aromatic heterocycles. The molecule has 0 spiro atoms. The number of pyridine rings is 1. The largest absolute Gasteiger partial charge is 0.417 e. The number of halogens is 4. The standard InChI is InChI=1S/C16H9ClF3N3S2/c17-13-8-10(16(18,19)20)9-22-14(13)25-15-21-6-5-11(23-15)3-4-12-2-1-7-24-12/h1-9H/b4-3+. The molecule has 0 saturated heterocycles. The summed E-state index contributed by atoms with van der Waals surface area (Å²) in [5, 5.41) is 2.44. The molecule has 0 aromatic carbocycles. The lowest BCUT2D eigenvalue weighted by atomic mass is 10.3. The maximum absolute atomic E-state index is 12.6. The average molecular weight is 400 g/mol. The van der Waals surface area contributed by atoms with Crippen molar-refractivity contribution in [1.29, 1.82) is 0 Å². The summed E-state index contributed by atoms with van der Waals surface area (Å²) in [6.07, 6.45) is 1.59. The molecule has 9 heteroatoms. The summed E-state index contributed by atoms with van der Waals surface area (Å²) in [4.78, 5) is 13.3. The van der Waals surface area contributed by atoms with E-state index in [2.05, 4.69) is 15.0 Å². The van der Waals surface area contributed by atoms with Crippen molar-refractivity contribution in [2.75, 3.05) is 0 Å². The SMILES string of the molecule is FC(F)(F)c1cnc(Sc2nccc(/C=C/c3cccs3)n2)c(Cl)c1. The van der Waals surface area contributed by atoms with Gasteiger partial charge in [-0.25, -0.2) is 15.0 Å². The molecule has 3 nitrogen and oxygen atoms in total. The minimum atomic E-state index is -4.48. The van der Waals surface area contributed by atoms with Crippen LogP contribution in [0.2, 0.25) is 5.02 Å². The number of rotatable bonds is 4. The second-order valence-electron chi connectivity index (χ2n) is 4.72. The first kappa shape index (κ1) is 17.9. The highest BCUT2D eigenvalue weighted by molar-refractivity contribution is 7.99. The smallest absolute Gasteiger partial charge is 0.247 e. The Morgan fingerprint density at radius 3 is 2.68 bits per heavy atom. The first-order valence-electron chi connectivity index (χ1n) is 6.87. The molecule has 0 fully saturated rings. The molecule has 0 atom stereocenters. The molecule has 0 amide bonds. The molecule has 0 N–H and O–H groups in total. The van der Waals surface area contributed by atoms with E-state index in [1.165, 1.54) is 0 Å². The zero-order chi connectivity index (χ0) is 17.9. The van der Waals surface area contributed by atoms with E-state index < -0.39 is 11.7 Å². The van der Waals surface area contributed by atoms with Crippen LogP contribution in [0.5, 0.6) is 0 Å². The van der Waals surface area contributed by atoms with Crippen LogP contribution >= 0.6 is 34.7 Å². The first-order chi connectivity index (χ1) is 11.9. The minimum absolute atomic E-state index is 0.0945. The fourth-order valence-electron chi connectivity index (χ4n) is 1.79. The second kappa shape index (κ2) is 7.55. The van der Waals surface area contributed by atoms with Gasteiger partial charge in [-0.15, -0.1) is 11.3 Å². The van der Waals surface area contributed by atoms with Crippen molar-refractivity contribution in [2.45, 2.75) is 16.4 Å². The van der Waals surface area contributed by atoms with Gasteiger partial charge in [-0.2, -0.15) is 13.2 Å². The molecule has 0 aliphatic heterocycles. The van der Waals surface area contributed by atoms with Gasteiger partial charge in [-0.05, 0) is 47.5 Å². The van der Waals surface area contributed by atoms with Gasteiger partial charge in [0.15, 0.2) is 5.16 Å². The number of alkyl halides is 3. The Morgan fingerprint density at radius 1 is 1.16 bits per heavy atom. The van der Waals surface area contributed by atoms with E-state index >= 15 is 0 Å². The van der Waals surface area contributed by atoms with E-state index in [9.17, 15) is 13.2 Å². The van der Waals surface area contributed by atoms with Gasteiger partial charge in [-0.3, -0.25) is 0 Å². The third kappa shape index (κ3) is 4.81. The third-order valence-electron chi connectivity index (χ3n) is 2.94. The predicted octanol–water partition coefficient (Wildman–Crippen LogP) is 5.93. The van der Waals surface area contributed by atoms with E-state index in [4.69, 9.17) is 11.6 Å². The summed E-state index contributed by atoms with van der Waals surface area (Å²) < 4.78 is 37.9. The predicted molar refractivity (Wildman–Crippen MR) is 93.7 cm³/mol. The maximum atomic E-state index is 12.6. The van der Waals surface area contributed by atoms with Crippen LogP contribution in [0.3, 0.4) is 0 Å². The van der Waals surface area contributed by atoms with Gasteiger partial charge in [0.1, 0.15) is 5.03 Å². The molecule has 0 radical (unpaired) electrons. The van der Waals surface area contributed by atoms with Crippen molar-refractivity contribution < 1.29 is 13.2 Å². The number of aromatic nitrogens is 3. The van der Waals surface area contributed by atoms with Crippen molar-refractivity contribution in [3.8, 4) is 0 Å². The molecule has 3 heterocycles. The van der Waals surface area contributed by atoms with Crippen LogP contribution in [0.25, 0.3) is 12.2 Å². The van der Waals surface area contributed by atoms with Crippen molar-refractivity contribution >= 4 is 46.9 Å². The summed E-state index contributed by atoms with van der Waals surface area (Å²) in [7, 11) is 0. The van der Waals surface area contributed by atoms with Gasteiger partial charge < -0.3 is 0 Å². The highest BCUT2D eigenvalue weighted by Gasteiger charge is 2.31. The van der Waals surface area contributed by atoms with E-state index in [0.717, 1.165) is 28.9 Å². The number of thiophene rings is 1. The van der Waals surface area contributed by atoms with Crippen LogP contribution in [0.15, 0.2) is 52.2 Å². The summed E-state index contributed by atoms with van der Waals surface area (Å²) in [5.74, 6) is 0. The van der Waals surface area contributed by atoms with Crippen LogP contribution in [-0.2, 0) is 6.18 Å². The summed E-state index contributed by atoms with van der Waals surface area (Å²) in [6, 6.07) is 6.50. The highest BCUT2D eigenvalue weighted by atomic mass is 35.5. The van der Waals surface area contributed by atoms with E-state index in [1.54, 1.807) is 23.6 Å². The van der Waals surface area contributed by atoms with Gasteiger partial charge in [0.25, 0.3) is 0 Å². The lowest BCUT2D eigenvalue weighted by molar-refractivity contribution is -0.137. The van der Waals surface area contributed by atoms with Crippen molar-refractivity contribution in [1.82, 2.24) is 15.0 Å². The molecule has 0 aliphatic rings. The summed E-state index contributed by atoms with van der Waals surface area (Å²) in [5.41, 5.74) is -0.218. The lowest BCUT2D eigenvalue weighted by Crippen LogP contribution is -2.05. The number of nitrogens with zero attached hydrogens (tertiary/aromatic N) is 3. The molecule has 3 aromatic rings. The van der Waals surface area contributed by atoms with Gasteiger partial charge in [-0.1, -0.05) is 17.7 Å². The quantitative estimate of drug-likeness (QED) is 0.510. The fourth-order valence-corrected chi connectivity index (χ4v) is 3.39. The van der Waals surface area contributed by atoms with Gasteiger partial charge in [0.2, 0.25) is 0 Å². The maximum Gasteiger partial charge on any atom is 0.417 e. The number of hydrogen-bond acceptors (Lipinski definition) is 5. The monoisotopic (exact) mass is 399 g/mol. The van der Waals surface area contributed by atoms with Crippen LogP contribution in [0, 0.1) is 0 Å². The second-order valence-corrected chi connectivity index (χ2v) is 7.07. The fraction of sp³-hybridized carbons (Fsp3) is 0.0625. The Morgan fingerprint density at radius 2 is 2.00 bits per heavy atom. The van der Waals surface area contributed by atoms with Gasteiger partial charge in [0, 0.05) is 17.3 Å². The lowest BCUT2D eigenvalue weighted by Gasteiger charge is -2.08. The minimum Gasteiger partial charge on any atom is -0.247 e. The molecule has 25 heavy (non-hydrogen) atoms. The van der Waals surface area contributed by atoms with E-state index in [1.807, 2.05) is 29.7 Å². The van der Waals surface area contributed by atoms with Gasteiger partial charge in [0.05, 0.1) is 16.3 Å². The highest BCUT2D eigenvalue weighted by Crippen LogP contribution is 2.35. The third-order valence-corrected chi connectivity index (χ3v) is 5.07. The van der Waals surface area contributed by atoms with E-state index in [0.29, 0.717) is 10.9 Å². The number of hydrogen-bond donors (Lipinski definition) is 0. The Bertz CT molecular complexity index is 896. The molecule has 0 saturated carbocycles. The summed E-state index contributed by atoms with van der Waals surface area (Å²) in [6.45, 7) is 0. The average Bonchev–Trinajstić information content (AvgIpc) is 3.08. The van der Waals surface area contributed by atoms with Crippen molar-refractivity contribution in [3.05, 3.63) is 63.2 Å². The molecular weight excluding hydrogens is 391 g/mol. The van der Waals surface area contributed by atoms with Gasteiger partial charge >= 0.3 is 6.18 Å². The molecule has 0 aliphatic carbocycles. The Balaban J connectivity index is 1.78. The first-order valence-corrected chi connectivity index (χ1v) is 8.94. The van der Waals surface area contributed by atoms with Crippen LogP contribution in [0.4, 0.5) is 13.2 Å². The van der Waals surface area contributed by atoms with Crippen LogP contribution in [-0.4, -0.2) is 15.0 Å². The molecule has 128 valence electrons.